The van der Waals surface area contributed by atoms with Crippen LogP contribution in [-0.4, -0.2) is 34.3 Å². The maximum absolute atomic E-state index is 13.0. The number of amides is 2. The minimum Gasteiger partial charge on any atom is -0.478 e. The van der Waals surface area contributed by atoms with Crippen LogP contribution in [0.5, 0.6) is 0 Å². The Morgan fingerprint density at radius 3 is 2.48 bits per heavy atom. The number of carbonyl (C=O) groups is 3. The van der Waals surface area contributed by atoms with Gasteiger partial charge in [0.15, 0.2) is 0 Å². The van der Waals surface area contributed by atoms with E-state index in [2.05, 4.69) is 5.32 Å². The molecule has 3 rings (SSSR count). The molecule has 2 N–H and O–H groups in total. The topological polar surface area (TPSA) is 86.7 Å². The summed E-state index contributed by atoms with van der Waals surface area (Å²) >= 11 is 5.98. The van der Waals surface area contributed by atoms with Gasteiger partial charge in [0.1, 0.15) is 6.04 Å². The third-order valence-electron chi connectivity index (χ3n) is 4.50. The predicted octanol–water partition coefficient (Wildman–Crippen LogP) is 3.73. The van der Waals surface area contributed by atoms with Crippen LogP contribution >= 0.6 is 11.6 Å². The van der Waals surface area contributed by atoms with Gasteiger partial charge < -0.3 is 15.3 Å². The molecule has 0 spiro atoms. The zero-order chi connectivity index (χ0) is 19.4. The number of nitrogens with one attached hydrogen (secondary N) is 1. The monoisotopic (exact) mass is 386 g/mol. The van der Waals surface area contributed by atoms with Crippen LogP contribution in [0.2, 0.25) is 5.02 Å². The van der Waals surface area contributed by atoms with Gasteiger partial charge in [-0.3, -0.25) is 9.59 Å². The summed E-state index contributed by atoms with van der Waals surface area (Å²) < 4.78 is 0. The minimum absolute atomic E-state index is 0.0330. The average Bonchev–Trinajstić information content (AvgIpc) is 2.64. The number of carboxylic acid groups (broad SMARTS) is 1. The van der Waals surface area contributed by atoms with Crippen molar-refractivity contribution in [3.8, 4) is 0 Å². The number of likely N-dealkylation sites (tertiary alicyclic amines) is 1. The highest BCUT2D eigenvalue weighted by molar-refractivity contribution is 6.33. The lowest BCUT2D eigenvalue weighted by Gasteiger charge is -2.34. The van der Waals surface area contributed by atoms with Gasteiger partial charge in [-0.1, -0.05) is 41.9 Å². The molecule has 2 amide bonds. The second-order valence-corrected chi connectivity index (χ2v) is 6.75. The number of hydrogen-bond donors (Lipinski definition) is 2. The molecule has 0 radical (unpaired) electrons. The Morgan fingerprint density at radius 1 is 1.11 bits per heavy atom. The van der Waals surface area contributed by atoms with E-state index in [0.717, 1.165) is 18.4 Å². The van der Waals surface area contributed by atoms with Crippen LogP contribution in [0.1, 0.15) is 41.2 Å². The number of carboxylic acids is 1. The molecule has 1 saturated heterocycles. The molecule has 1 fully saturated rings. The molecule has 0 aliphatic carbocycles. The summed E-state index contributed by atoms with van der Waals surface area (Å²) in [6.07, 6.45) is 2.10. The summed E-state index contributed by atoms with van der Waals surface area (Å²) in [4.78, 5) is 38.1. The normalized spacial score (nSPS) is 15.3. The SMILES string of the molecule is O=C(O)c1ccc(NC(=O)C(c2ccccc2)N2CCCCC2=O)cc1Cl. The van der Waals surface area contributed by atoms with Crippen LogP contribution in [0.4, 0.5) is 5.69 Å². The molecule has 6 nitrogen and oxygen atoms in total. The van der Waals surface area contributed by atoms with Crippen LogP contribution in [0.15, 0.2) is 48.5 Å². The molecular weight excluding hydrogens is 368 g/mol. The van der Waals surface area contributed by atoms with Crippen molar-refractivity contribution in [3.63, 3.8) is 0 Å². The number of nitrogens with zero attached hydrogens (tertiary/aromatic N) is 1. The smallest absolute Gasteiger partial charge is 0.337 e. The van der Waals surface area contributed by atoms with Gasteiger partial charge in [-0.2, -0.15) is 0 Å². The zero-order valence-electron chi connectivity index (χ0n) is 14.5. The van der Waals surface area contributed by atoms with Gasteiger partial charge in [-0.25, -0.2) is 4.79 Å². The van der Waals surface area contributed by atoms with Gasteiger partial charge in [0.05, 0.1) is 10.6 Å². The van der Waals surface area contributed by atoms with Gasteiger partial charge in [0, 0.05) is 18.7 Å². The lowest BCUT2D eigenvalue weighted by atomic mass is 10.0. The second-order valence-electron chi connectivity index (χ2n) is 6.35. The Balaban J connectivity index is 1.88. The second kappa shape index (κ2) is 8.22. The van der Waals surface area contributed by atoms with Crippen LogP contribution in [0.3, 0.4) is 0 Å². The van der Waals surface area contributed by atoms with E-state index < -0.39 is 12.0 Å². The quantitative estimate of drug-likeness (QED) is 0.819. The highest BCUT2D eigenvalue weighted by Crippen LogP contribution is 2.28. The molecule has 2 aromatic rings. The third-order valence-corrected chi connectivity index (χ3v) is 4.82. The van der Waals surface area contributed by atoms with E-state index in [4.69, 9.17) is 16.7 Å². The lowest BCUT2D eigenvalue weighted by molar-refractivity contribution is -0.141. The number of rotatable bonds is 5. The molecule has 1 unspecified atom stereocenters. The molecular formula is C20H19ClN2O4. The summed E-state index contributed by atoms with van der Waals surface area (Å²) in [5.74, 6) is -1.56. The first kappa shape index (κ1) is 18.9. The molecule has 2 aromatic carbocycles. The van der Waals surface area contributed by atoms with E-state index in [9.17, 15) is 14.4 Å². The van der Waals surface area contributed by atoms with E-state index in [1.54, 1.807) is 4.90 Å². The number of halogens is 1. The zero-order valence-corrected chi connectivity index (χ0v) is 15.3. The van der Waals surface area contributed by atoms with Gasteiger partial charge in [-0.05, 0) is 36.6 Å². The molecule has 1 atom stereocenters. The van der Waals surface area contributed by atoms with Crippen molar-refractivity contribution in [1.29, 1.82) is 0 Å². The molecule has 140 valence electrons. The number of aromatic carboxylic acids is 1. The third kappa shape index (κ3) is 4.28. The van der Waals surface area contributed by atoms with E-state index in [-0.39, 0.29) is 22.4 Å². The molecule has 7 heteroatoms. The number of anilines is 1. The molecule has 0 bridgehead atoms. The summed E-state index contributed by atoms with van der Waals surface area (Å²) in [6, 6.07) is 12.6. The summed E-state index contributed by atoms with van der Waals surface area (Å²) in [5, 5.41) is 11.8. The molecule has 0 saturated carbocycles. The van der Waals surface area contributed by atoms with Crippen molar-refractivity contribution in [2.24, 2.45) is 0 Å². The van der Waals surface area contributed by atoms with Crippen LogP contribution < -0.4 is 5.32 Å². The number of benzene rings is 2. The summed E-state index contributed by atoms with van der Waals surface area (Å²) in [7, 11) is 0. The van der Waals surface area contributed by atoms with E-state index in [1.807, 2.05) is 30.3 Å². The molecule has 27 heavy (non-hydrogen) atoms. The minimum atomic E-state index is -1.14. The van der Waals surface area contributed by atoms with E-state index in [1.165, 1.54) is 18.2 Å². The first-order valence-corrected chi connectivity index (χ1v) is 9.03. The standard InChI is InChI=1S/C20H19ClN2O4/c21-16-12-14(9-10-15(16)20(26)27)22-19(25)18(13-6-2-1-3-7-13)23-11-5-4-8-17(23)24/h1-3,6-7,9-10,12,18H,4-5,8,11H2,(H,22,25)(H,26,27). The lowest BCUT2D eigenvalue weighted by Crippen LogP contribution is -2.43. The molecule has 1 aliphatic heterocycles. The summed E-state index contributed by atoms with van der Waals surface area (Å²) in [6.45, 7) is 0.518. The first-order valence-electron chi connectivity index (χ1n) is 8.65. The first-order chi connectivity index (χ1) is 13.0. The number of hydrogen-bond acceptors (Lipinski definition) is 3. The Morgan fingerprint density at radius 2 is 1.85 bits per heavy atom. The maximum Gasteiger partial charge on any atom is 0.337 e. The highest BCUT2D eigenvalue weighted by Gasteiger charge is 2.32. The molecule has 1 aliphatic rings. The van der Waals surface area contributed by atoms with Crippen molar-refractivity contribution in [2.75, 3.05) is 11.9 Å². The maximum atomic E-state index is 13.0. The van der Waals surface area contributed by atoms with Crippen molar-refractivity contribution in [3.05, 3.63) is 64.7 Å². The fourth-order valence-corrected chi connectivity index (χ4v) is 3.45. The van der Waals surface area contributed by atoms with E-state index in [0.29, 0.717) is 18.7 Å². The fourth-order valence-electron chi connectivity index (χ4n) is 3.18. The van der Waals surface area contributed by atoms with Gasteiger partial charge >= 0.3 is 5.97 Å². The Kier molecular flexibility index (Phi) is 5.76. The van der Waals surface area contributed by atoms with Crippen molar-refractivity contribution >= 4 is 35.1 Å². The predicted molar refractivity (Wildman–Crippen MR) is 102 cm³/mol. The number of piperidine rings is 1. The van der Waals surface area contributed by atoms with Crippen LogP contribution in [0.25, 0.3) is 0 Å². The van der Waals surface area contributed by atoms with Gasteiger partial charge in [-0.15, -0.1) is 0 Å². The van der Waals surface area contributed by atoms with Crippen LogP contribution in [-0.2, 0) is 9.59 Å². The number of carbonyl (C=O) groups excluding carboxylic acids is 2. The summed E-state index contributed by atoms with van der Waals surface area (Å²) in [5.41, 5.74) is 1.05. The Hall–Kier alpha value is -2.86. The van der Waals surface area contributed by atoms with Crippen molar-refractivity contribution in [1.82, 2.24) is 4.90 Å². The van der Waals surface area contributed by atoms with E-state index >= 15 is 0 Å². The molecule has 0 aromatic heterocycles. The van der Waals surface area contributed by atoms with Crippen LogP contribution in [0, 0.1) is 0 Å². The highest BCUT2D eigenvalue weighted by atomic mass is 35.5. The Bertz CT molecular complexity index is 870. The fraction of sp³-hybridized carbons (Fsp3) is 0.250. The average molecular weight is 387 g/mol. The van der Waals surface area contributed by atoms with Gasteiger partial charge in [0.2, 0.25) is 5.91 Å². The van der Waals surface area contributed by atoms with Gasteiger partial charge in [0.25, 0.3) is 5.91 Å². The molecule has 1 heterocycles. The van der Waals surface area contributed by atoms with Crippen molar-refractivity contribution in [2.45, 2.75) is 25.3 Å². The van der Waals surface area contributed by atoms with Crippen molar-refractivity contribution < 1.29 is 19.5 Å². The largest absolute Gasteiger partial charge is 0.478 e. The Labute approximate surface area is 161 Å².